The zero-order chi connectivity index (χ0) is 18.1. The Morgan fingerprint density at radius 3 is 2.62 bits per heavy atom. The third-order valence-corrected chi connectivity index (χ3v) is 5.51. The molecule has 0 N–H and O–H groups in total. The molecule has 2 aliphatic rings. The van der Waals surface area contributed by atoms with E-state index in [-0.39, 0.29) is 17.7 Å². The van der Waals surface area contributed by atoms with Crippen molar-refractivity contribution >= 4 is 23.2 Å². The van der Waals surface area contributed by atoms with Crippen LogP contribution in [0.25, 0.3) is 0 Å². The number of hydrogen-bond acceptors (Lipinski definition) is 2. The van der Waals surface area contributed by atoms with Gasteiger partial charge in [0.15, 0.2) is 0 Å². The number of aryl methyl sites for hydroxylation is 2. The van der Waals surface area contributed by atoms with Crippen LogP contribution in [0.5, 0.6) is 0 Å². The Kier molecular flexibility index (Phi) is 4.49. The Morgan fingerprint density at radius 2 is 1.81 bits per heavy atom. The smallest absolute Gasteiger partial charge is 0.232 e. The molecule has 2 aromatic rings. The molecule has 134 valence electrons. The van der Waals surface area contributed by atoms with Crippen LogP contribution in [0.2, 0.25) is 0 Å². The van der Waals surface area contributed by atoms with Gasteiger partial charge in [0.05, 0.1) is 5.92 Å². The van der Waals surface area contributed by atoms with Gasteiger partial charge in [-0.25, -0.2) is 0 Å². The van der Waals surface area contributed by atoms with Crippen LogP contribution in [0.3, 0.4) is 0 Å². The average molecular weight is 348 g/mol. The molecule has 4 rings (SSSR count). The van der Waals surface area contributed by atoms with Gasteiger partial charge in [-0.1, -0.05) is 43.3 Å². The maximum atomic E-state index is 13.2. The lowest BCUT2D eigenvalue weighted by Gasteiger charge is -2.31. The maximum absolute atomic E-state index is 13.2. The van der Waals surface area contributed by atoms with Gasteiger partial charge in [0.25, 0.3) is 0 Å². The summed E-state index contributed by atoms with van der Waals surface area (Å²) in [4.78, 5) is 29.5. The van der Waals surface area contributed by atoms with Crippen molar-refractivity contribution in [3.63, 3.8) is 0 Å². The SMILES string of the molecule is CCc1ccccc1N1CC(C(=O)N2CCCc3ccccc32)CC1=O. The van der Waals surface area contributed by atoms with E-state index in [4.69, 9.17) is 0 Å². The number of carbonyl (C=O) groups is 2. The molecule has 0 spiro atoms. The van der Waals surface area contributed by atoms with E-state index in [1.54, 1.807) is 4.90 Å². The van der Waals surface area contributed by atoms with Crippen LogP contribution in [-0.4, -0.2) is 24.9 Å². The number of anilines is 2. The summed E-state index contributed by atoms with van der Waals surface area (Å²) in [5, 5.41) is 0. The molecule has 0 bridgehead atoms. The molecule has 2 heterocycles. The Morgan fingerprint density at radius 1 is 1.08 bits per heavy atom. The summed E-state index contributed by atoms with van der Waals surface area (Å²) >= 11 is 0. The number of rotatable bonds is 3. The van der Waals surface area contributed by atoms with Gasteiger partial charge >= 0.3 is 0 Å². The molecule has 0 saturated carbocycles. The van der Waals surface area contributed by atoms with E-state index in [1.807, 2.05) is 41.3 Å². The second-order valence-corrected chi connectivity index (χ2v) is 7.11. The number of para-hydroxylation sites is 2. The molecule has 1 atom stereocenters. The average Bonchev–Trinajstić information content (AvgIpc) is 3.08. The van der Waals surface area contributed by atoms with Crippen molar-refractivity contribution in [3.05, 3.63) is 59.7 Å². The first kappa shape index (κ1) is 16.8. The highest BCUT2D eigenvalue weighted by atomic mass is 16.2. The Balaban J connectivity index is 1.57. The molecule has 1 saturated heterocycles. The lowest BCUT2D eigenvalue weighted by molar-refractivity contribution is -0.124. The summed E-state index contributed by atoms with van der Waals surface area (Å²) in [6.45, 7) is 3.31. The van der Waals surface area contributed by atoms with E-state index in [1.165, 1.54) is 5.56 Å². The van der Waals surface area contributed by atoms with Gasteiger partial charge in [0.1, 0.15) is 0 Å². The monoisotopic (exact) mass is 348 g/mol. The molecule has 2 aliphatic heterocycles. The van der Waals surface area contributed by atoms with Crippen LogP contribution in [0.15, 0.2) is 48.5 Å². The fraction of sp³-hybridized carbons (Fsp3) is 0.364. The maximum Gasteiger partial charge on any atom is 0.232 e. The molecule has 0 aliphatic carbocycles. The minimum Gasteiger partial charge on any atom is -0.312 e. The number of fused-ring (bicyclic) bond motifs is 1. The normalized spacial score (nSPS) is 19.6. The molecule has 1 unspecified atom stereocenters. The van der Waals surface area contributed by atoms with Gasteiger partial charge in [-0.15, -0.1) is 0 Å². The molecule has 26 heavy (non-hydrogen) atoms. The highest BCUT2D eigenvalue weighted by molar-refractivity contribution is 6.05. The summed E-state index contributed by atoms with van der Waals surface area (Å²) in [7, 11) is 0. The summed E-state index contributed by atoms with van der Waals surface area (Å²) in [6, 6.07) is 16.1. The first-order chi connectivity index (χ1) is 12.7. The summed E-state index contributed by atoms with van der Waals surface area (Å²) in [6.07, 6.45) is 3.17. The molecule has 4 heteroatoms. The van der Waals surface area contributed by atoms with E-state index < -0.39 is 0 Å². The van der Waals surface area contributed by atoms with Gasteiger partial charge in [-0.2, -0.15) is 0 Å². The number of hydrogen-bond donors (Lipinski definition) is 0. The second kappa shape index (κ2) is 6.94. The molecule has 2 aromatic carbocycles. The topological polar surface area (TPSA) is 40.6 Å². The molecule has 0 radical (unpaired) electrons. The van der Waals surface area contributed by atoms with Crippen molar-refractivity contribution < 1.29 is 9.59 Å². The Bertz CT molecular complexity index is 846. The van der Waals surface area contributed by atoms with Crippen molar-refractivity contribution in [2.24, 2.45) is 5.92 Å². The first-order valence-corrected chi connectivity index (χ1v) is 9.46. The lowest BCUT2D eigenvalue weighted by Crippen LogP contribution is -2.40. The number of amides is 2. The Hall–Kier alpha value is -2.62. The van der Waals surface area contributed by atoms with Gasteiger partial charge in [0.2, 0.25) is 11.8 Å². The first-order valence-electron chi connectivity index (χ1n) is 9.46. The van der Waals surface area contributed by atoms with Crippen molar-refractivity contribution in [1.29, 1.82) is 0 Å². The third kappa shape index (κ3) is 2.90. The van der Waals surface area contributed by atoms with Crippen LogP contribution < -0.4 is 9.80 Å². The van der Waals surface area contributed by atoms with E-state index in [0.717, 1.165) is 42.7 Å². The molecular formula is C22H24N2O2. The highest BCUT2D eigenvalue weighted by Gasteiger charge is 2.38. The van der Waals surface area contributed by atoms with Crippen LogP contribution in [-0.2, 0) is 22.4 Å². The number of benzene rings is 2. The predicted octanol–water partition coefficient (Wildman–Crippen LogP) is 3.58. The van der Waals surface area contributed by atoms with Crippen LogP contribution in [0, 0.1) is 5.92 Å². The third-order valence-electron chi connectivity index (χ3n) is 5.51. The minimum absolute atomic E-state index is 0.0505. The number of carbonyl (C=O) groups excluding carboxylic acids is 2. The summed E-state index contributed by atoms with van der Waals surface area (Å²) < 4.78 is 0. The van der Waals surface area contributed by atoms with E-state index >= 15 is 0 Å². The molecular weight excluding hydrogens is 324 g/mol. The summed E-state index contributed by atoms with van der Waals surface area (Å²) in [5.74, 6) is -0.130. The highest BCUT2D eigenvalue weighted by Crippen LogP contribution is 2.33. The molecule has 4 nitrogen and oxygen atoms in total. The fourth-order valence-corrected chi connectivity index (χ4v) is 4.16. The van der Waals surface area contributed by atoms with Gasteiger partial charge in [-0.05, 0) is 42.5 Å². The van der Waals surface area contributed by atoms with E-state index in [2.05, 4.69) is 19.1 Å². The Labute approximate surface area is 154 Å². The second-order valence-electron chi connectivity index (χ2n) is 7.11. The van der Waals surface area contributed by atoms with Gasteiger partial charge in [-0.3, -0.25) is 9.59 Å². The van der Waals surface area contributed by atoms with Crippen LogP contribution in [0.4, 0.5) is 11.4 Å². The van der Waals surface area contributed by atoms with Crippen molar-refractivity contribution in [1.82, 2.24) is 0 Å². The summed E-state index contributed by atoms with van der Waals surface area (Å²) in [5.41, 5.74) is 4.35. The van der Waals surface area contributed by atoms with Crippen molar-refractivity contribution in [2.45, 2.75) is 32.6 Å². The zero-order valence-corrected chi connectivity index (χ0v) is 15.1. The standard InChI is InChI=1S/C22H24N2O2/c1-2-16-8-3-5-11-19(16)24-15-18(14-21(24)25)22(26)23-13-7-10-17-9-4-6-12-20(17)23/h3-6,8-9,11-12,18H,2,7,10,13-15H2,1H3. The largest absolute Gasteiger partial charge is 0.312 e. The quantitative estimate of drug-likeness (QED) is 0.851. The van der Waals surface area contributed by atoms with E-state index in [0.29, 0.717) is 13.0 Å². The van der Waals surface area contributed by atoms with Crippen molar-refractivity contribution in [3.8, 4) is 0 Å². The zero-order valence-electron chi connectivity index (χ0n) is 15.1. The van der Waals surface area contributed by atoms with Gasteiger partial charge < -0.3 is 9.80 Å². The molecule has 2 amide bonds. The molecule has 1 fully saturated rings. The fourth-order valence-electron chi connectivity index (χ4n) is 4.16. The predicted molar refractivity (Wildman–Crippen MR) is 103 cm³/mol. The van der Waals surface area contributed by atoms with Crippen molar-refractivity contribution in [2.75, 3.05) is 22.9 Å². The van der Waals surface area contributed by atoms with E-state index in [9.17, 15) is 9.59 Å². The number of nitrogens with zero attached hydrogens (tertiary/aromatic N) is 2. The van der Waals surface area contributed by atoms with Crippen LogP contribution in [0.1, 0.15) is 30.9 Å². The van der Waals surface area contributed by atoms with Crippen LogP contribution >= 0.6 is 0 Å². The lowest BCUT2D eigenvalue weighted by atomic mass is 9.99. The minimum atomic E-state index is -0.265. The molecule has 0 aromatic heterocycles. The van der Waals surface area contributed by atoms with Gasteiger partial charge in [0, 0.05) is 30.9 Å².